The zero-order valence-electron chi connectivity index (χ0n) is 44.6. The van der Waals surface area contributed by atoms with Crippen molar-refractivity contribution in [1.82, 2.24) is 36.6 Å². The third-order valence-electron chi connectivity index (χ3n) is 13.6. The van der Waals surface area contributed by atoms with Crippen molar-refractivity contribution < 1.29 is 48.3 Å². The van der Waals surface area contributed by atoms with Crippen molar-refractivity contribution in [2.24, 2.45) is 23.5 Å². The van der Waals surface area contributed by atoms with E-state index in [1.165, 1.54) is 84.8 Å². The Morgan fingerprint density at radius 3 is 1.77 bits per heavy atom. The number of imidazole rings is 1. The number of nitrogens with two attached hydrogens (primary N) is 1. The number of hydrogen-bond donors (Lipinski definition) is 8. The van der Waals surface area contributed by atoms with Crippen LogP contribution >= 0.6 is 0 Å². The zero-order chi connectivity index (χ0) is 54.1. The summed E-state index contributed by atoms with van der Waals surface area (Å²) in [5.41, 5.74) is 6.82. The molecular formula is C55H88N8O10. The predicted octanol–water partition coefficient (Wildman–Crippen LogP) is 5.57. The van der Waals surface area contributed by atoms with Crippen molar-refractivity contribution in [3.63, 3.8) is 0 Å². The monoisotopic (exact) mass is 1020 g/mol. The van der Waals surface area contributed by atoms with Gasteiger partial charge in [0, 0.05) is 75.7 Å². The van der Waals surface area contributed by atoms with Crippen LogP contribution in [0.4, 0.5) is 0 Å². The van der Waals surface area contributed by atoms with Crippen LogP contribution in [-0.2, 0) is 56.0 Å². The molecule has 73 heavy (non-hydrogen) atoms. The molecule has 0 radical (unpaired) electrons. The van der Waals surface area contributed by atoms with Crippen LogP contribution in [-0.4, -0.2) is 105 Å². The van der Waals surface area contributed by atoms with Gasteiger partial charge in [-0.05, 0) is 44.6 Å². The van der Waals surface area contributed by atoms with Crippen LogP contribution in [0.1, 0.15) is 181 Å². The smallest absolute Gasteiger partial charge is 0.243 e. The van der Waals surface area contributed by atoms with Crippen LogP contribution in [0.15, 0.2) is 42.9 Å². The number of H-pyrrole nitrogens is 1. The number of aliphatic hydroxyl groups excluding tert-OH is 1. The number of primary amides is 1. The van der Waals surface area contributed by atoms with Crippen LogP contribution < -0.4 is 32.3 Å². The maximum Gasteiger partial charge on any atom is 0.243 e. The molecule has 0 bridgehead atoms. The number of carbonyl (C=O) groups is 9. The molecule has 1 heterocycles. The number of Topliss-reactive ketones (excluding diaryl/α,β-unsaturated/α-hetero) is 3. The van der Waals surface area contributed by atoms with Gasteiger partial charge in [0.25, 0.3) is 0 Å². The zero-order valence-corrected chi connectivity index (χ0v) is 44.6. The molecule has 1 aromatic heterocycles. The molecule has 8 atom stereocenters. The predicted molar refractivity (Wildman–Crippen MR) is 280 cm³/mol. The second-order valence-corrected chi connectivity index (χ2v) is 19.8. The summed E-state index contributed by atoms with van der Waals surface area (Å²) in [6, 6.07) is 4.47. The van der Waals surface area contributed by atoms with Crippen LogP contribution in [0, 0.1) is 17.8 Å². The Kier molecular flexibility index (Phi) is 31.4. The topological polar surface area (TPSA) is 289 Å². The van der Waals surface area contributed by atoms with E-state index in [1.54, 1.807) is 6.92 Å². The molecule has 0 fully saturated rings. The first-order chi connectivity index (χ1) is 34.9. The van der Waals surface area contributed by atoms with Gasteiger partial charge >= 0.3 is 0 Å². The molecule has 0 aliphatic carbocycles. The number of nitrogens with zero attached hydrogens (tertiary/aromatic N) is 1. The lowest BCUT2D eigenvalue weighted by atomic mass is 9.84. The van der Waals surface area contributed by atoms with Gasteiger partial charge in [-0.2, -0.15) is 0 Å². The van der Waals surface area contributed by atoms with E-state index in [0.29, 0.717) is 25.0 Å². The third-order valence-corrected chi connectivity index (χ3v) is 13.6. The summed E-state index contributed by atoms with van der Waals surface area (Å²) in [7, 11) is 1.49. The van der Waals surface area contributed by atoms with E-state index in [0.717, 1.165) is 31.2 Å². The fraction of sp³-hybridized carbons (Fsp3) is 0.673. The van der Waals surface area contributed by atoms with Gasteiger partial charge in [0.05, 0.1) is 24.5 Å². The number of hydrogen-bond acceptors (Lipinski definition) is 11. The van der Waals surface area contributed by atoms with Gasteiger partial charge in [-0.15, -0.1) is 0 Å². The minimum Gasteiger partial charge on any atom is -0.391 e. The lowest BCUT2D eigenvalue weighted by Gasteiger charge is -2.28. The Hall–Kier alpha value is -5.78. The summed E-state index contributed by atoms with van der Waals surface area (Å²) < 4.78 is 0. The number of aromatic nitrogens is 2. The molecule has 18 nitrogen and oxygen atoms in total. The molecule has 6 amide bonds. The molecule has 0 aliphatic rings. The van der Waals surface area contributed by atoms with E-state index < -0.39 is 89.6 Å². The first-order valence-electron chi connectivity index (χ1n) is 26.9. The summed E-state index contributed by atoms with van der Waals surface area (Å²) in [4.78, 5) is 126. The summed E-state index contributed by atoms with van der Waals surface area (Å²) in [5.74, 6) is -6.98. The van der Waals surface area contributed by atoms with Crippen molar-refractivity contribution in [3.8, 4) is 0 Å². The van der Waals surface area contributed by atoms with E-state index in [-0.39, 0.29) is 62.6 Å². The first-order valence-corrected chi connectivity index (χ1v) is 26.9. The number of ketones is 3. The van der Waals surface area contributed by atoms with Gasteiger partial charge in [-0.25, -0.2) is 4.98 Å². The third kappa shape index (κ3) is 26.1. The molecule has 0 spiro atoms. The highest BCUT2D eigenvalue weighted by Gasteiger charge is 2.35. The normalized spacial score (nSPS) is 14.5. The molecule has 0 saturated heterocycles. The maximum atomic E-state index is 13.9. The van der Waals surface area contributed by atoms with Crippen molar-refractivity contribution >= 4 is 52.8 Å². The van der Waals surface area contributed by atoms with E-state index in [4.69, 9.17) is 5.73 Å². The molecule has 1 aromatic carbocycles. The van der Waals surface area contributed by atoms with Crippen LogP contribution in [0.2, 0.25) is 0 Å². The number of unbranched alkanes of at least 4 members (excludes halogenated alkanes) is 12. The number of rotatable bonds is 41. The minimum atomic E-state index is -1.47. The van der Waals surface area contributed by atoms with Gasteiger partial charge in [0.2, 0.25) is 35.4 Å². The SMILES string of the molecule is CCCCCCCCCCCCCCCC(=O)N[C@@H](CCC(N)=O)C(=O)N[C@H](C(=O)C[C@H](C(=O)N[C@@H](C)C(=O)CCC(=O)N[C@@H](Cc1cnc[nH]1)C(=O)C[C@@H](Cc1ccccc1)C(=O)NC)[C@@H](C)CC)[C@@H](C)O. The van der Waals surface area contributed by atoms with Gasteiger partial charge in [-0.1, -0.05) is 135 Å². The van der Waals surface area contributed by atoms with Crippen molar-refractivity contribution in [1.29, 1.82) is 0 Å². The average molecular weight is 1020 g/mol. The van der Waals surface area contributed by atoms with Gasteiger partial charge in [0.1, 0.15) is 12.1 Å². The Morgan fingerprint density at radius 1 is 0.630 bits per heavy atom. The van der Waals surface area contributed by atoms with Crippen LogP contribution in [0.5, 0.6) is 0 Å². The highest BCUT2D eigenvalue weighted by atomic mass is 16.3. The lowest BCUT2D eigenvalue weighted by Crippen LogP contribution is -2.55. The fourth-order valence-electron chi connectivity index (χ4n) is 8.76. The first kappa shape index (κ1) is 63.3. The summed E-state index contributed by atoms with van der Waals surface area (Å²) in [5, 5.41) is 24.0. The van der Waals surface area contributed by atoms with E-state index in [1.807, 2.05) is 37.3 Å². The van der Waals surface area contributed by atoms with Crippen molar-refractivity contribution in [2.45, 2.75) is 213 Å². The van der Waals surface area contributed by atoms with Gasteiger partial charge in [-0.3, -0.25) is 43.2 Å². The quantitative estimate of drug-likeness (QED) is 0.0381. The Morgan fingerprint density at radius 2 is 1.22 bits per heavy atom. The van der Waals surface area contributed by atoms with Gasteiger partial charge < -0.3 is 42.4 Å². The Labute approximate surface area is 433 Å². The van der Waals surface area contributed by atoms with Crippen LogP contribution in [0.25, 0.3) is 0 Å². The number of benzene rings is 1. The number of nitrogens with one attached hydrogen (secondary N) is 6. The molecule has 0 saturated carbocycles. The summed E-state index contributed by atoms with van der Waals surface area (Å²) in [6.45, 7) is 8.58. The molecule has 408 valence electrons. The van der Waals surface area contributed by atoms with E-state index in [2.05, 4.69) is 43.5 Å². The lowest BCUT2D eigenvalue weighted by molar-refractivity contribution is -0.137. The fourth-order valence-corrected chi connectivity index (χ4v) is 8.76. The average Bonchev–Trinajstić information content (AvgIpc) is 3.89. The number of amides is 6. The summed E-state index contributed by atoms with van der Waals surface area (Å²) >= 11 is 0. The number of aliphatic hydroxyl groups is 1. The second-order valence-electron chi connectivity index (χ2n) is 19.8. The molecule has 0 aliphatic heterocycles. The second kappa shape index (κ2) is 36.2. The molecule has 2 aromatic rings. The molecule has 2 rings (SSSR count). The van der Waals surface area contributed by atoms with Crippen LogP contribution in [0.3, 0.4) is 0 Å². The Bertz CT molecular complexity index is 2000. The highest BCUT2D eigenvalue weighted by Crippen LogP contribution is 2.22. The standard InChI is InChI=1S/C55H88N8O10/c1-7-9-10-11-12-13-14-15-16-17-18-19-23-26-50(69)61-44(27-29-49(56)68)55(73)63-52(39(5)64)48(67)34-43(37(3)8-2)54(72)60-38(4)46(65)28-30-51(70)62-45(33-42-35-58-36-59-42)47(66)32-41(53(71)57-6)31-40-24-21-20-22-25-40/h20-22,24-25,35-39,41,43-45,52,64H,7-19,23,26-34H2,1-6H3,(H2,56,68)(H,57,71)(H,58,59)(H,60,72)(H,61,69)(H,62,70)(H,63,73)/t37-,38-,39+,41+,43-,44-,45-,52-/m0/s1. The minimum absolute atomic E-state index is 0.0676. The molecule has 0 unspecified atom stereocenters. The van der Waals surface area contributed by atoms with E-state index >= 15 is 0 Å². The molecule has 18 heteroatoms. The summed E-state index contributed by atoms with van der Waals surface area (Å²) in [6.07, 6.45) is 16.0. The van der Waals surface area contributed by atoms with Gasteiger partial charge in [0.15, 0.2) is 17.3 Å². The molecule has 9 N–H and O–H groups in total. The van der Waals surface area contributed by atoms with E-state index in [9.17, 15) is 48.3 Å². The van der Waals surface area contributed by atoms with Crippen molar-refractivity contribution in [2.75, 3.05) is 7.05 Å². The number of carbonyl (C=O) groups excluding carboxylic acids is 9. The molecular weight excluding hydrogens is 933 g/mol. The highest BCUT2D eigenvalue weighted by molar-refractivity contribution is 5.97. The van der Waals surface area contributed by atoms with Crippen molar-refractivity contribution in [3.05, 3.63) is 54.1 Å². The number of aromatic amines is 1. The Balaban J connectivity index is 2.00. The maximum absolute atomic E-state index is 13.9. The largest absolute Gasteiger partial charge is 0.391 e.